The minimum Gasteiger partial charge on any atom is -0.340 e. The van der Waals surface area contributed by atoms with Crippen molar-refractivity contribution >= 4 is 17.5 Å². The summed E-state index contributed by atoms with van der Waals surface area (Å²) in [4.78, 5) is 14.4. The van der Waals surface area contributed by atoms with E-state index in [1.165, 1.54) is 12.0 Å². The van der Waals surface area contributed by atoms with Gasteiger partial charge in [0.05, 0.1) is 0 Å². The normalized spacial score (nSPS) is 19.1. The smallest absolute Gasteiger partial charge is 0.222 e. The Bertz CT molecular complexity index is 405. The van der Waals surface area contributed by atoms with Crippen molar-refractivity contribution in [2.24, 2.45) is 0 Å². The number of hydrogen-bond donors (Lipinski definition) is 0. The lowest BCUT2D eigenvalue weighted by atomic mass is 9.99. The van der Waals surface area contributed by atoms with E-state index in [0.29, 0.717) is 24.2 Å². The molecule has 0 aliphatic carbocycles. The lowest BCUT2D eigenvalue weighted by Crippen LogP contribution is -2.43. The monoisotopic (exact) mass is 293 g/mol. The molecule has 0 spiro atoms. The zero-order chi connectivity index (χ0) is 14.2. The average Bonchev–Trinajstić information content (AvgIpc) is 2.49. The van der Waals surface area contributed by atoms with Crippen LogP contribution in [0.5, 0.6) is 0 Å². The van der Waals surface area contributed by atoms with Crippen LogP contribution in [0.3, 0.4) is 0 Å². The first-order valence-electron chi connectivity index (χ1n) is 7.70. The van der Waals surface area contributed by atoms with Crippen LogP contribution in [0.25, 0.3) is 0 Å². The second-order valence-electron chi connectivity index (χ2n) is 5.55. The molecule has 1 unspecified atom stereocenters. The predicted molar refractivity (Wildman–Crippen MR) is 84.1 cm³/mol. The summed E-state index contributed by atoms with van der Waals surface area (Å²) in [6.45, 7) is 0.922. The molecule has 0 bridgehead atoms. The second kappa shape index (κ2) is 8.31. The molecule has 1 amide bonds. The van der Waals surface area contributed by atoms with Gasteiger partial charge in [-0.05, 0) is 44.1 Å². The van der Waals surface area contributed by atoms with Gasteiger partial charge in [0.1, 0.15) is 0 Å². The van der Waals surface area contributed by atoms with E-state index in [1.807, 2.05) is 6.07 Å². The Balaban J connectivity index is 1.78. The fourth-order valence-electron chi connectivity index (χ4n) is 2.99. The predicted octanol–water partition coefficient (Wildman–Crippen LogP) is 4.02. The topological polar surface area (TPSA) is 20.3 Å². The zero-order valence-electron chi connectivity index (χ0n) is 12.1. The van der Waals surface area contributed by atoms with Crippen molar-refractivity contribution in [3.8, 4) is 0 Å². The molecular formula is C17H24ClNO. The first kappa shape index (κ1) is 15.4. The molecule has 1 saturated heterocycles. The third-order valence-corrected chi connectivity index (χ3v) is 4.31. The molecule has 1 heterocycles. The lowest BCUT2D eigenvalue weighted by molar-refractivity contribution is -0.135. The molecule has 2 nitrogen and oxygen atoms in total. The van der Waals surface area contributed by atoms with Crippen LogP contribution in [0.4, 0.5) is 0 Å². The van der Waals surface area contributed by atoms with E-state index in [-0.39, 0.29) is 0 Å². The third kappa shape index (κ3) is 4.52. The zero-order valence-corrected chi connectivity index (χ0v) is 12.8. The summed E-state index contributed by atoms with van der Waals surface area (Å²) in [5, 5.41) is 0. The van der Waals surface area contributed by atoms with E-state index >= 15 is 0 Å². The van der Waals surface area contributed by atoms with Crippen LogP contribution in [-0.2, 0) is 11.2 Å². The molecule has 0 radical (unpaired) electrons. The minimum absolute atomic E-state index is 0.316. The molecule has 3 heteroatoms. The molecule has 1 fully saturated rings. The van der Waals surface area contributed by atoms with Crippen LogP contribution in [0.1, 0.15) is 44.1 Å². The summed E-state index contributed by atoms with van der Waals surface area (Å²) < 4.78 is 0. The van der Waals surface area contributed by atoms with Crippen LogP contribution in [0.2, 0.25) is 0 Å². The number of amides is 1. The number of carbonyl (C=O) groups is 1. The van der Waals surface area contributed by atoms with Crippen molar-refractivity contribution in [1.82, 2.24) is 4.90 Å². The maximum Gasteiger partial charge on any atom is 0.222 e. The van der Waals surface area contributed by atoms with Crippen LogP contribution in [-0.4, -0.2) is 29.3 Å². The number of likely N-dealkylation sites (tertiary alicyclic amines) is 1. The number of benzene rings is 1. The highest BCUT2D eigenvalue weighted by Crippen LogP contribution is 2.21. The van der Waals surface area contributed by atoms with Gasteiger partial charge >= 0.3 is 0 Å². The van der Waals surface area contributed by atoms with Crippen molar-refractivity contribution in [3.05, 3.63) is 35.9 Å². The summed E-state index contributed by atoms with van der Waals surface area (Å²) in [6.07, 6.45) is 7.02. The van der Waals surface area contributed by atoms with Gasteiger partial charge in [-0.2, -0.15) is 0 Å². The fourth-order valence-corrected chi connectivity index (χ4v) is 3.24. The van der Waals surface area contributed by atoms with Crippen molar-refractivity contribution in [1.29, 1.82) is 0 Å². The average molecular weight is 294 g/mol. The lowest BCUT2D eigenvalue weighted by Gasteiger charge is -2.35. The van der Waals surface area contributed by atoms with Gasteiger partial charge in [0.15, 0.2) is 0 Å². The molecule has 1 aliphatic rings. The quantitative estimate of drug-likeness (QED) is 0.726. The molecule has 1 atom stereocenters. The van der Waals surface area contributed by atoms with Gasteiger partial charge in [-0.15, -0.1) is 11.6 Å². The van der Waals surface area contributed by atoms with Crippen molar-refractivity contribution in [3.63, 3.8) is 0 Å². The summed E-state index contributed by atoms with van der Waals surface area (Å²) in [6, 6.07) is 10.8. The van der Waals surface area contributed by atoms with Gasteiger partial charge in [0, 0.05) is 24.9 Å². The Morgan fingerprint density at radius 1 is 1.25 bits per heavy atom. The molecule has 2 rings (SSSR count). The minimum atomic E-state index is 0.316. The van der Waals surface area contributed by atoms with Crippen LogP contribution < -0.4 is 0 Å². The van der Waals surface area contributed by atoms with Crippen LogP contribution >= 0.6 is 11.6 Å². The fraction of sp³-hybridized carbons (Fsp3) is 0.588. The first-order valence-corrected chi connectivity index (χ1v) is 8.24. The summed E-state index contributed by atoms with van der Waals surface area (Å²) in [7, 11) is 0. The largest absolute Gasteiger partial charge is 0.340 e. The van der Waals surface area contributed by atoms with Gasteiger partial charge in [-0.25, -0.2) is 0 Å². The van der Waals surface area contributed by atoms with Crippen LogP contribution in [0, 0.1) is 0 Å². The SMILES string of the molecule is O=C(CCCc1ccccc1)N1CCCCC1CCCl. The summed E-state index contributed by atoms with van der Waals surface area (Å²) in [5.41, 5.74) is 1.32. The van der Waals surface area contributed by atoms with Crippen LogP contribution in [0.15, 0.2) is 30.3 Å². The molecule has 0 aromatic heterocycles. The standard InChI is InChI=1S/C17H24ClNO/c18-13-12-16-10-4-5-14-19(16)17(20)11-6-9-15-7-2-1-3-8-15/h1-3,7-8,16H,4-6,9-14H2. The number of carbonyl (C=O) groups excluding carboxylic acids is 1. The first-order chi connectivity index (χ1) is 9.81. The van der Waals surface area contributed by atoms with E-state index in [0.717, 1.165) is 38.6 Å². The van der Waals surface area contributed by atoms with E-state index in [4.69, 9.17) is 11.6 Å². The third-order valence-electron chi connectivity index (χ3n) is 4.09. The number of alkyl halides is 1. The van der Waals surface area contributed by atoms with Gasteiger partial charge in [0.25, 0.3) is 0 Å². The number of hydrogen-bond acceptors (Lipinski definition) is 1. The molecule has 0 N–H and O–H groups in total. The van der Waals surface area contributed by atoms with Crippen molar-refractivity contribution in [2.75, 3.05) is 12.4 Å². The number of halogens is 1. The number of aryl methyl sites for hydroxylation is 1. The Morgan fingerprint density at radius 3 is 2.80 bits per heavy atom. The van der Waals surface area contributed by atoms with Crippen molar-refractivity contribution < 1.29 is 4.79 Å². The van der Waals surface area contributed by atoms with Gasteiger partial charge in [-0.1, -0.05) is 30.3 Å². The molecule has 1 aromatic rings. The molecule has 1 aliphatic heterocycles. The van der Waals surface area contributed by atoms with Gasteiger partial charge in [-0.3, -0.25) is 4.79 Å². The van der Waals surface area contributed by atoms with E-state index in [9.17, 15) is 4.79 Å². The summed E-state index contributed by atoms with van der Waals surface area (Å²) >= 11 is 5.85. The Hall–Kier alpha value is -1.02. The molecule has 0 saturated carbocycles. The Labute approximate surface area is 127 Å². The Kier molecular flexibility index (Phi) is 6.38. The van der Waals surface area contributed by atoms with Gasteiger partial charge < -0.3 is 4.90 Å². The maximum absolute atomic E-state index is 12.4. The number of nitrogens with zero attached hydrogens (tertiary/aromatic N) is 1. The summed E-state index contributed by atoms with van der Waals surface area (Å²) in [5.74, 6) is 0.967. The van der Waals surface area contributed by atoms with E-state index in [2.05, 4.69) is 29.2 Å². The maximum atomic E-state index is 12.4. The van der Waals surface area contributed by atoms with Gasteiger partial charge in [0.2, 0.25) is 5.91 Å². The van der Waals surface area contributed by atoms with Crippen molar-refractivity contribution in [2.45, 2.75) is 51.0 Å². The van der Waals surface area contributed by atoms with E-state index in [1.54, 1.807) is 0 Å². The molecule has 20 heavy (non-hydrogen) atoms. The highest BCUT2D eigenvalue weighted by molar-refractivity contribution is 6.17. The highest BCUT2D eigenvalue weighted by Gasteiger charge is 2.25. The molecular weight excluding hydrogens is 270 g/mol. The number of rotatable bonds is 6. The number of piperidine rings is 1. The van der Waals surface area contributed by atoms with E-state index < -0.39 is 0 Å². The highest BCUT2D eigenvalue weighted by atomic mass is 35.5. The second-order valence-corrected chi connectivity index (χ2v) is 5.93. The molecule has 110 valence electrons. The Morgan fingerprint density at radius 2 is 2.05 bits per heavy atom. The molecule has 1 aromatic carbocycles.